The molecule has 5 nitrogen and oxygen atoms in total. The van der Waals surface area contributed by atoms with Crippen LogP contribution < -0.4 is 5.32 Å². The number of rotatable bonds is 4. The number of anilines is 1. The van der Waals surface area contributed by atoms with Gasteiger partial charge in [-0.25, -0.2) is 15.0 Å². The zero-order chi connectivity index (χ0) is 12.3. The van der Waals surface area contributed by atoms with Gasteiger partial charge in [-0.1, -0.05) is 6.92 Å². The number of aromatic nitrogens is 4. The van der Waals surface area contributed by atoms with Crippen LogP contribution in [0.3, 0.4) is 0 Å². The Kier molecular flexibility index (Phi) is 3.63. The van der Waals surface area contributed by atoms with Crippen molar-refractivity contribution in [2.75, 3.05) is 12.4 Å². The Hall–Kier alpha value is -1.56. The SMILES string of the molecule is CCc1nc(NC)c(C)c(Sc2ncc[nH]2)n1. The predicted molar refractivity (Wildman–Crippen MR) is 68.4 cm³/mol. The summed E-state index contributed by atoms with van der Waals surface area (Å²) in [5, 5.41) is 4.88. The molecule has 0 saturated heterocycles. The topological polar surface area (TPSA) is 66.5 Å². The normalized spacial score (nSPS) is 10.5. The Bertz CT molecular complexity index is 495. The zero-order valence-electron chi connectivity index (χ0n) is 10.1. The summed E-state index contributed by atoms with van der Waals surface area (Å²) in [5.41, 5.74) is 1.05. The van der Waals surface area contributed by atoms with Crippen LogP contribution in [0, 0.1) is 6.92 Å². The van der Waals surface area contributed by atoms with E-state index >= 15 is 0 Å². The Morgan fingerprint density at radius 3 is 2.82 bits per heavy atom. The average Bonchev–Trinajstić information content (AvgIpc) is 2.84. The second-order valence-corrected chi connectivity index (χ2v) is 4.50. The highest BCUT2D eigenvalue weighted by Gasteiger charge is 2.11. The third-order valence-corrected chi connectivity index (χ3v) is 3.37. The van der Waals surface area contributed by atoms with Crippen LogP contribution in [0.5, 0.6) is 0 Å². The summed E-state index contributed by atoms with van der Waals surface area (Å²) in [6.07, 6.45) is 4.36. The number of H-pyrrole nitrogens is 1. The Labute approximate surface area is 104 Å². The molecule has 0 radical (unpaired) electrons. The van der Waals surface area contributed by atoms with Crippen molar-refractivity contribution in [1.29, 1.82) is 0 Å². The van der Waals surface area contributed by atoms with Gasteiger partial charge in [0.25, 0.3) is 0 Å². The highest BCUT2D eigenvalue weighted by Crippen LogP contribution is 2.28. The molecule has 0 spiro atoms. The summed E-state index contributed by atoms with van der Waals surface area (Å²) in [4.78, 5) is 16.2. The third-order valence-electron chi connectivity index (χ3n) is 2.37. The van der Waals surface area contributed by atoms with Crippen LogP contribution in [-0.4, -0.2) is 27.0 Å². The first-order valence-corrected chi connectivity index (χ1v) is 6.28. The molecule has 0 aliphatic rings. The van der Waals surface area contributed by atoms with Gasteiger partial charge in [0.15, 0.2) is 5.16 Å². The van der Waals surface area contributed by atoms with Crippen LogP contribution in [0.4, 0.5) is 5.82 Å². The summed E-state index contributed by atoms with van der Waals surface area (Å²) < 4.78 is 0. The minimum atomic E-state index is 0.820. The smallest absolute Gasteiger partial charge is 0.171 e. The lowest BCUT2D eigenvalue weighted by Crippen LogP contribution is -2.04. The number of imidazole rings is 1. The lowest BCUT2D eigenvalue weighted by Gasteiger charge is -2.10. The number of hydrogen-bond acceptors (Lipinski definition) is 5. The summed E-state index contributed by atoms with van der Waals surface area (Å²) >= 11 is 1.52. The molecule has 0 aromatic carbocycles. The van der Waals surface area contributed by atoms with Crippen molar-refractivity contribution in [3.63, 3.8) is 0 Å². The minimum Gasteiger partial charge on any atom is -0.373 e. The van der Waals surface area contributed by atoms with Gasteiger partial charge in [-0.05, 0) is 18.7 Å². The van der Waals surface area contributed by atoms with Crippen LogP contribution >= 0.6 is 11.8 Å². The molecule has 6 heteroatoms. The number of aromatic amines is 1. The fourth-order valence-electron chi connectivity index (χ4n) is 1.44. The van der Waals surface area contributed by atoms with Crippen molar-refractivity contribution < 1.29 is 0 Å². The van der Waals surface area contributed by atoms with Crippen molar-refractivity contribution in [2.45, 2.75) is 30.5 Å². The monoisotopic (exact) mass is 249 g/mol. The highest BCUT2D eigenvalue weighted by atomic mass is 32.2. The van der Waals surface area contributed by atoms with Crippen molar-refractivity contribution >= 4 is 17.6 Å². The van der Waals surface area contributed by atoms with Crippen molar-refractivity contribution in [2.24, 2.45) is 0 Å². The molecule has 2 aromatic rings. The number of aryl methyl sites for hydroxylation is 1. The van der Waals surface area contributed by atoms with E-state index < -0.39 is 0 Å². The molecule has 2 heterocycles. The molecule has 2 rings (SSSR count). The molecule has 2 aromatic heterocycles. The first-order chi connectivity index (χ1) is 8.24. The van der Waals surface area contributed by atoms with E-state index in [9.17, 15) is 0 Å². The third kappa shape index (κ3) is 2.58. The largest absolute Gasteiger partial charge is 0.373 e. The van der Waals surface area contributed by atoms with Crippen LogP contribution in [0.25, 0.3) is 0 Å². The summed E-state index contributed by atoms with van der Waals surface area (Å²) in [7, 11) is 1.87. The molecule has 0 atom stereocenters. The standard InChI is InChI=1S/C11H15N5S/c1-4-8-15-9(12-3)7(2)10(16-8)17-11-13-5-6-14-11/h5-6H,4H2,1-3H3,(H,13,14)(H,12,15,16). The maximum absolute atomic E-state index is 4.53. The van der Waals surface area contributed by atoms with Crippen LogP contribution in [0.15, 0.2) is 22.6 Å². The Morgan fingerprint density at radius 2 is 2.24 bits per heavy atom. The summed E-state index contributed by atoms with van der Waals surface area (Å²) in [6.45, 7) is 4.06. The van der Waals surface area contributed by atoms with Gasteiger partial charge in [-0.3, -0.25) is 0 Å². The number of nitrogens with zero attached hydrogens (tertiary/aromatic N) is 3. The van der Waals surface area contributed by atoms with E-state index in [1.54, 1.807) is 12.4 Å². The first kappa shape index (κ1) is 11.9. The fraction of sp³-hybridized carbons (Fsp3) is 0.364. The molecule has 2 N–H and O–H groups in total. The average molecular weight is 249 g/mol. The van der Waals surface area contributed by atoms with Crippen LogP contribution in [-0.2, 0) is 6.42 Å². The lowest BCUT2D eigenvalue weighted by molar-refractivity contribution is 0.871. The molecule has 0 aliphatic heterocycles. The van der Waals surface area contributed by atoms with Gasteiger partial charge >= 0.3 is 0 Å². The predicted octanol–water partition coefficient (Wildman–Crippen LogP) is 2.26. The Morgan fingerprint density at radius 1 is 1.41 bits per heavy atom. The fourth-order valence-corrected chi connectivity index (χ4v) is 2.26. The van der Waals surface area contributed by atoms with E-state index in [-0.39, 0.29) is 0 Å². The minimum absolute atomic E-state index is 0.820. The summed E-state index contributed by atoms with van der Waals surface area (Å²) in [5.74, 6) is 1.72. The van der Waals surface area contributed by atoms with Gasteiger partial charge in [0, 0.05) is 31.4 Å². The Balaban J connectivity index is 2.38. The van der Waals surface area contributed by atoms with Gasteiger partial charge in [0.1, 0.15) is 16.7 Å². The molecule has 90 valence electrons. The second-order valence-electron chi connectivity index (χ2n) is 3.52. The van der Waals surface area contributed by atoms with E-state index in [4.69, 9.17) is 0 Å². The molecule has 0 aliphatic carbocycles. The molecule has 17 heavy (non-hydrogen) atoms. The van der Waals surface area contributed by atoms with E-state index in [1.807, 2.05) is 20.9 Å². The quantitative estimate of drug-likeness (QED) is 0.814. The van der Waals surface area contributed by atoms with Crippen molar-refractivity contribution in [1.82, 2.24) is 19.9 Å². The molecular weight excluding hydrogens is 234 g/mol. The number of hydrogen-bond donors (Lipinski definition) is 2. The zero-order valence-corrected chi connectivity index (χ0v) is 10.9. The highest BCUT2D eigenvalue weighted by molar-refractivity contribution is 7.99. The maximum atomic E-state index is 4.53. The van der Waals surface area contributed by atoms with E-state index in [0.29, 0.717) is 0 Å². The molecule has 0 saturated carbocycles. The van der Waals surface area contributed by atoms with Gasteiger partial charge in [-0.15, -0.1) is 0 Å². The number of nitrogens with one attached hydrogen (secondary N) is 2. The van der Waals surface area contributed by atoms with E-state index in [0.717, 1.165) is 33.8 Å². The molecule has 0 bridgehead atoms. The van der Waals surface area contributed by atoms with E-state index in [2.05, 4.69) is 25.3 Å². The maximum Gasteiger partial charge on any atom is 0.171 e. The van der Waals surface area contributed by atoms with Gasteiger partial charge in [-0.2, -0.15) is 0 Å². The van der Waals surface area contributed by atoms with Gasteiger partial charge in [0.05, 0.1) is 0 Å². The van der Waals surface area contributed by atoms with Crippen LogP contribution in [0.2, 0.25) is 0 Å². The molecule has 0 amide bonds. The molecular formula is C11H15N5S. The summed E-state index contributed by atoms with van der Waals surface area (Å²) in [6, 6.07) is 0. The van der Waals surface area contributed by atoms with Gasteiger partial charge < -0.3 is 10.3 Å². The molecule has 0 unspecified atom stereocenters. The van der Waals surface area contributed by atoms with E-state index in [1.165, 1.54) is 11.8 Å². The van der Waals surface area contributed by atoms with Crippen molar-refractivity contribution in [3.05, 3.63) is 23.8 Å². The van der Waals surface area contributed by atoms with Crippen LogP contribution in [0.1, 0.15) is 18.3 Å². The van der Waals surface area contributed by atoms with Crippen molar-refractivity contribution in [3.8, 4) is 0 Å². The second kappa shape index (κ2) is 5.18. The molecule has 0 fully saturated rings. The van der Waals surface area contributed by atoms with Gasteiger partial charge in [0.2, 0.25) is 0 Å². The lowest BCUT2D eigenvalue weighted by atomic mass is 10.3. The first-order valence-electron chi connectivity index (χ1n) is 5.47.